The normalized spacial score (nSPS) is 15.7. The van der Waals surface area contributed by atoms with Crippen LogP contribution < -0.4 is 4.90 Å². The molecule has 0 atom stereocenters. The maximum absolute atomic E-state index is 14.2. The summed E-state index contributed by atoms with van der Waals surface area (Å²) in [7, 11) is -3.86. The van der Waals surface area contributed by atoms with Gasteiger partial charge in [0, 0.05) is 6.20 Å². The van der Waals surface area contributed by atoms with Gasteiger partial charge in [0.15, 0.2) is 4.91 Å². The zero-order valence-corrected chi connectivity index (χ0v) is 12.4. The summed E-state index contributed by atoms with van der Waals surface area (Å²) >= 11 is 0. The molecule has 0 aliphatic carbocycles. The molecule has 6 heteroatoms. The Kier molecular flexibility index (Phi) is 3.23. The monoisotopic (exact) mass is 314 g/mol. The molecule has 0 fully saturated rings. The smallest absolute Gasteiger partial charge is 0.220 e. The maximum Gasteiger partial charge on any atom is 0.220 e. The van der Waals surface area contributed by atoms with Gasteiger partial charge in [0.2, 0.25) is 9.84 Å². The van der Waals surface area contributed by atoms with E-state index in [2.05, 4.69) is 0 Å². The molecule has 0 radical (unpaired) electrons. The molecule has 0 aromatic heterocycles. The Morgan fingerprint density at radius 1 is 1.14 bits per heavy atom. The molecule has 2 aromatic rings. The summed E-state index contributed by atoms with van der Waals surface area (Å²) in [5, 5.41) is 9.11. The Morgan fingerprint density at radius 2 is 1.86 bits per heavy atom. The minimum atomic E-state index is -3.86. The highest BCUT2D eigenvalue weighted by Gasteiger charge is 2.32. The van der Waals surface area contributed by atoms with E-state index in [4.69, 9.17) is 5.26 Å². The number of allylic oxidation sites excluding steroid dienone is 1. The lowest BCUT2D eigenvalue weighted by Crippen LogP contribution is -2.22. The van der Waals surface area contributed by atoms with Crippen LogP contribution in [0.1, 0.15) is 5.56 Å². The fourth-order valence-electron chi connectivity index (χ4n) is 2.35. The number of anilines is 2. The first-order valence-corrected chi connectivity index (χ1v) is 7.95. The molecular formula is C16H11FN2O2S. The van der Waals surface area contributed by atoms with Crippen molar-refractivity contribution in [2.24, 2.45) is 0 Å². The number of para-hydroxylation sites is 1. The second-order valence-corrected chi connectivity index (χ2v) is 6.79. The number of rotatable bonds is 1. The third kappa shape index (κ3) is 2.07. The third-order valence-corrected chi connectivity index (χ3v) is 5.12. The molecule has 0 amide bonds. The van der Waals surface area contributed by atoms with Crippen LogP contribution in [0.5, 0.6) is 0 Å². The number of nitriles is 1. The van der Waals surface area contributed by atoms with Gasteiger partial charge in [0.1, 0.15) is 11.9 Å². The van der Waals surface area contributed by atoms with Gasteiger partial charge < -0.3 is 4.90 Å². The zero-order chi connectivity index (χ0) is 15.9. The summed E-state index contributed by atoms with van der Waals surface area (Å²) in [5.74, 6) is -0.484. The summed E-state index contributed by atoms with van der Waals surface area (Å²) in [6.45, 7) is 1.76. The van der Waals surface area contributed by atoms with Crippen molar-refractivity contribution >= 4 is 21.2 Å². The van der Waals surface area contributed by atoms with E-state index in [0.717, 1.165) is 11.8 Å². The Labute approximate surface area is 127 Å². The minimum Gasteiger partial charge on any atom is -0.311 e. The molecule has 3 rings (SSSR count). The van der Waals surface area contributed by atoms with Crippen molar-refractivity contribution in [3.8, 4) is 6.07 Å². The molecule has 2 aromatic carbocycles. The molecule has 0 saturated heterocycles. The topological polar surface area (TPSA) is 61.2 Å². The van der Waals surface area contributed by atoms with Gasteiger partial charge in [-0.1, -0.05) is 18.2 Å². The summed E-state index contributed by atoms with van der Waals surface area (Å²) in [4.78, 5) is 0.976. The quantitative estimate of drug-likeness (QED) is 0.809. The predicted octanol–water partition coefficient (Wildman–Crippen LogP) is 3.42. The van der Waals surface area contributed by atoms with E-state index in [1.165, 1.54) is 17.0 Å². The number of nitrogens with zero attached hydrogens (tertiary/aromatic N) is 2. The molecule has 1 aliphatic heterocycles. The molecule has 0 saturated carbocycles. The van der Waals surface area contributed by atoms with Crippen LogP contribution in [0.15, 0.2) is 58.5 Å². The van der Waals surface area contributed by atoms with E-state index in [-0.39, 0.29) is 10.6 Å². The maximum atomic E-state index is 14.2. The molecule has 4 nitrogen and oxygen atoms in total. The van der Waals surface area contributed by atoms with E-state index >= 15 is 0 Å². The molecule has 0 unspecified atom stereocenters. The fourth-order valence-corrected chi connectivity index (χ4v) is 3.65. The Hall–Kier alpha value is -2.65. The molecule has 110 valence electrons. The predicted molar refractivity (Wildman–Crippen MR) is 80.6 cm³/mol. The van der Waals surface area contributed by atoms with E-state index in [1.54, 1.807) is 43.3 Å². The molecule has 0 spiro atoms. The van der Waals surface area contributed by atoms with Gasteiger partial charge in [-0.05, 0) is 36.8 Å². The average Bonchev–Trinajstić information content (AvgIpc) is 2.49. The number of aryl methyl sites for hydroxylation is 1. The Bertz CT molecular complexity index is 943. The van der Waals surface area contributed by atoms with Crippen LogP contribution in [-0.4, -0.2) is 8.42 Å². The molecule has 22 heavy (non-hydrogen) atoms. The lowest BCUT2D eigenvalue weighted by molar-refractivity contribution is 0.601. The van der Waals surface area contributed by atoms with E-state index in [1.807, 2.05) is 0 Å². The highest BCUT2D eigenvalue weighted by molar-refractivity contribution is 7.95. The zero-order valence-electron chi connectivity index (χ0n) is 11.6. The highest BCUT2D eigenvalue weighted by atomic mass is 32.2. The summed E-state index contributed by atoms with van der Waals surface area (Å²) < 4.78 is 38.9. The van der Waals surface area contributed by atoms with Gasteiger partial charge in [-0.25, -0.2) is 12.8 Å². The van der Waals surface area contributed by atoms with Crippen LogP contribution in [0.2, 0.25) is 0 Å². The van der Waals surface area contributed by atoms with Crippen molar-refractivity contribution in [3.63, 3.8) is 0 Å². The van der Waals surface area contributed by atoms with Crippen LogP contribution in [0.3, 0.4) is 0 Å². The van der Waals surface area contributed by atoms with Crippen molar-refractivity contribution in [2.45, 2.75) is 11.8 Å². The third-order valence-electron chi connectivity index (χ3n) is 3.42. The SMILES string of the molecule is Cc1ccc(N2C=C(C#N)S(=O)(=O)c3ccccc32)c(F)c1. The summed E-state index contributed by atoms with van der Waals surface area (Å²) in [5.41, 5.74) is 1.27. The van der Waals surface area contributed by atoms with Crippen LogP contribution in [0.4, 0.5) is 15.8 Å². The average molecular weight is 314 g/mol. The standard InChI is InChI=1S/C16H11FN2O2S/c1-11-6-7-14(13(17)8-11)19-10-12(9-18)22(20,21)16-5-3-2-4-15(16)19/h2-8,10H,1H3. The molecule has 1 aliphatic rings. The first kappa shape index (κ1) is 14.3. The number of sulfone groups is 1. The van der Waals surface area contributed by atoms with Crippen molar-refractivity contribution in [2.75, 3.05) is 4.90 Å². The number of hydrogen-bond acceptors (Lipinski definition) is 4. The van der Waals surface area contributed by atoms with Crippen LogP contribution in [-0.2, 0) is 9.84 Å². The number of halogens is 1. The van der Waals surface area contributed by atoms with Crippen LogP contribution in [0.25, 0.3) is 0 Å². The van der Waals surface area contributed by atoms with Gasteiger partial charge in [0.05, 0.1) is 16.3 Å². The number of fused-ring (bicyclic) bond motifs is 1. The van der Waals surface area contributed by atoms with Gasteiger partial charge in [-0.2, -0.15) is 5.26 Å². The van der Waals surface area contributed by atoms with Crippen molar-refractivity contribution < 1.29 is 12.8 Å². The number of benzene rings is 2. The van der Waals surface area contributed by atoms with Crippen molar-refractivity contribution in [3.05, 3.63) is 65.0 Å². The lowest BCUT2D eigenvalue weighted by atomic mass is 10.2. The van der Waals surface area contributed by atoms with Crippen molar-refractivity contribution in [1.82, 2.24) is 0 Å². The second kappa shape index (κ2) is 4.97. The van der Waals surface area contributed by atoms with Crippen molar-refractivity contribution in [1.29, 1.82) is 5.26 Å². The van der Waals surface area contributed by atoms with Gasteiger partial charge in [0.25, 0.3) is 0 Å². The Balaban J connectivity index is 2.31. The van der Waals surface area contributed by atoms with Crippen LogP contribution >= 0.6 is 0 Å². The second-order valence-electron chi connectivity index (χ2n) is 4.90. The summed E-state index contributed by atoms with van der Waals surface area (Å²) in [6, 6.07) is 12.5. The molecular weight excluding hydrogens is 303 g/mol. The van der Waals surface area contributed by atoms with E-state index in [0.29, 0.717) is 5.69 Å². The van der Waals surface area contributed by atoms with Gasteiger partial charge in [-0.3, -0.25) is 0 Å². The number of hydrogen-bond donors (Lipinski definition) is 0. The molecule has 0 N–H and O–H groups in total. The van der Waals surface area contributed by atoms with Crippen LogP contribution in [0, 0.1) is 24.1 Å². The largest absolute Gasteiger partial charge is 0.311 e. The summed E-state index contributed by atoms with van der Waals surface area (Å²) in [6.07, 6.45) is 1.16. The lowest BCUT2D eigenvalue weighted by Gasteiger charge is -2.27. The van der Waals surface area contributed by atoms with E-state index in [9.17, 15) is 12.8 Å². The fraction of sp³-hybridized carbons (Fsp3) is 0.0625. The minimum absolute atomic E-state index is 0.00553. The first-order chi connectivity index (χ1) is 10.4. The first-order valence-electron chi connectivity index (χ1n) is 6.46. The van der Waals surface area contributed by atoms with E-state index < -0.39 is 20.6 Å². The van der Waals surface area contributed by atoms with Gasteiger partial charge in [-0.15, -0.1) is 0 Å². The molecule has 1 heterocycles. The molecule has 0 bridgehead atoms. The van der Waals surface area contributed by atoms with Gasteiger partial charge >= 0.3 is 0 Å². The highest BCUT2D eigenvalue weighted by Crippen LogP contribution is 2.39. The Morgan fingerprint density at radius 3 is 2.55 bits per heavy atom.